The molecule has 0 saturated heterocycles. The fraction of sp³-hybridized carbons (Fsp3) is 0.312. The molecule has 0 bridgehead atoms. The Morgan fingerprint density at radius 1 is 0.398 bits per heavy atom. The smallest absolute Gasteiger partial charge is 0.137 e. The zero-order valence-corrected chi connectivity index (χ0v) is 53.2. The number of nitrogens with zero attached hydrogens (tertiary/aromatic N) is 2. The maximum Gasteiger partial charge on any atom is 0.137 e. The second-order valence-electron chi connectivity index (χ2n) is 29.2. The van der Waals surface area contributed by atoms with E-state index in [4.69, 9.17) is 9.72 Å². The maximum absolute atomic E-state index is 6.92. The van der Waals surface area contributed by atoms with E-state index in [0.29, 0.717) is 0 Å². The summed E-state index contributed by atoms with van der Waals surface area (Å²) in [7, 11) is 0. The molecule has 0 aliphatic carbocycles. The third kappa shape index (κ3) is 11.2. The SMILES string of the molecule is CC(C)(C)c1ccnc(-n2c3cc(Oc4cccc(Nc5ccccc5Nc5c(-c6cc(C(C)(C)C)ccc6C(C)(C)C)cc(C(C)(C)C)cc5-c5cc(C(C)(C)C)ccc5C(C)(C)C)c4)ccc3c3ccc4sc5ccccc5c4c32)c1. The molecule has 2 N–H and O–H groups in total. The third-order valence-corrected chi connectivity index (χ3v) is 17.7. The molecule has 0 fully saturated rings. The first-order valence-electron chi connectivity index (χ1n) is 29.7. The first-order valence-corrected chi connectivity index (χ1v) is 30.5. The van der Waals surface area contributed by atoms with Crippen molar-refractivity contribution in [3.8, 4) is 39.6 Å². The van der Waals surface area contributed by atoms with Crippen molar-refractivity contribution in [2.75, 3.05) is 10.6 Å². The van der Waals surface area contributed by atoms with E-state index in [0.717, 1.165) is 56.5 Å². The number of hydrogen-bond acceptors (Lipinski definition) is 5. The van der Waals surface area contributed by atoms with Crippen LogP contribution in [0.1, 0.15) is 158 Å². The summed E-state index contributed by atoms with van der Waals surface area (Å²) in [6.07, 6.45) is 1.95. The van der Waals surface area contributed by atoms with Crippen molar-refractivity contribution in [1.82, 2.24) is 9.55 Å². The van der Waals surface area contributed by atoms with Crippen LogP contribution in [0.2, 0.25) is 0 Å². The minimum atomic E-state index is -0.146. The Kier molecular flexibility index (Phi) is 14.2. The van der Waals surface area contributed by atoms with E-state index >= 15 is 0 Å². The number of pyridine rings is 1. The number of ether oxygens (including phenoxy) is 1. The van der Waals surface area contributed by atoms with Crippen LogP contribution in [0.4, 0.5) is 22.7 Å². The molecule has 3 heterocycles. The topological polar surface area (TPSA) is 51.1 Å². The molecular weight excluding hydrogens is 1030 g/mol. The molecule has 0 radical (unpaired) electrons. The highest BCUT2D eigenvalue weighted by Crippen LogP contribution is 2.50. The summed E-state index contributed by atoms with van der Waals surface area (Å²) in [6, 6.07) is 60.5. The van der Waals surface area contributed by atoms with Crippen LogP contribution in [0.25, 0.3) is 70.0 Å². The van der Waals surface area contributed by atoms with Gasteiger partial charge in [-0.3, -0.25) is 4.57 Å². The fourth-order valence-corrected chi connectivity index (χ4v) is 12.9. The molecule has 5 nitrogen and oxygen atoms in total. The van der Waals surface area contributed by atoms with Gasteiger partial charge in [0.25, 0.3) is 0 Å². The second kappa shape index (κ2) is 20.6. The summed E-state index contributed by atoms with van der Waals surface area (Å²) in [6.45, 7) is 41.8. The van der Waals surface area contributed by atoms with Gasteiger partial charge in [0.2, 0.25) is 0 Å². The molecule has 0 aliphatic rings. The lowest BCUT2D eigenvalue weighted by Crippen LogP contribution is -2.18. The number of anilines is 4. The average Bonchev–Trinajstić information content (AvgIpc) is 1.89. The van der Waals surface area contributed by atoms with Crippen LogP contribution in [0.3, 0.4) is 0 Å². The number of thiophene rings is 1. The van der Waals surface area contributed by atoms with Crippen LogP contribution in [-0.2, 0) is 32.5 Å². The highest BCUT2D eigenvalue weighted by atomic mass is 32.1. The van der Waals surface area contributed by atoms with Crippen molar-refractivity contribution in [2.24, 2.45) is 0 Å². The summed E-state index contributed by atoms with van der Waals surface area (Å²) >= 11 is 1.84. The quantitative estimate of drug-likeness (QED) is 0.151. The maximum atomic E-state index is 6.92. The largest absolute Gasteiger partial charge is 0.457 e. The molecule has 8 aromatic carbocycles. The zero-order valence-electron chi connectivity index (χ0n) is 52.4. The normalized spacial score (nSPS) is 12.9. The molecule has 11 aromatic rings. The number of rotatable bonds is 9. The highest BCUT2D eigenvalue weighted by molar-refractivity contribution is 7.26. The second-order valence-corrected chi connectivity index (χ2v) is 30.3. The molecule has 0 aliphatic heterocycles. The van der Waals surface area contributed by atoms with E-state index in [2.05, 4.69) is 298 Å². The Labute approximate surface area is 498 Å². The van der Waals surface area contributed by atoms with E-state index in [-0.39, 0.29) is 32.5 Å². The lowest BCUT2D eigenvalue weighted by atomic mass is 9.74. The van der Waals surface area contributed by atoms with E-state index < -0.39 is 0 Å². The summed E-state index contributed by atoms with van der Waals surface area (Å²) in [5.41, 5.74) is 18.2. The Hall–Kier alpha value is -7.67. The molecule has 0 unspecified atom stereocenters. The average molecular weight is 1110 g/mol. The number of benzene rings is 8. The molecule has 424 valence electrons. The number of fused-ring (bicyclic) bond motifs is 7. The summed E-state index contributed by atoms with van der Waals surface area (Å²) in [5.74, 6) is 2.36. The Morgan fingerprint density at radius 3 is 1.52 bits per heavy atom. The van der Waals surface area contributed by atoms with Crippen LogP contribution >= 0.6 is 11.3 Å². The minimum Gasteiger partial charge on any atom is -0.457 e. The number of nitrogens with one attached hydrogen (secondary N) is 2. The first-order chi connectivity index (χ1) is 38.9. The van der Waals surface area contributed by atoms with Gasteiger partial charge in [0.15, 0.2) is 0 Å². The Morgan fingerprint density at radius 2 is 0.928 bits per heavy atom. The van der Waals surface area contributed by atoms with Crippen molar-refractivity contribution >= 4 is 76.1 Å². The molecule has 6 heteroatoms. The minimum absolute atomic E-state index is 0.0576. The highest BCUT2D eigenvalue weighted by Gasteiger charge is 2.31. The number of para-hydroxylation sites is 2. The molecule has 83 heavy (non-hydrogen) atoms. The van der Waals surface area contributed by atoms with Gasteiger partial charge in [-0.1, -0.05) is 203 Å². The molecule has 3 aromatic heterocycles. The van der Waals surface area contributed by atoms with E-state index in [1.165, 1.54) is 81.2 Å². The van der Waals surface area contributed by atoms with Crippen LogP contribution in [0.15, 0.2) is 170 Å². The van der Waals surface area contributed by atoms with Crippen LogP contribution in [0.5, 0.6) is 11.5 Å². The molecule has 0 saturated carbocycles. The Bertz CT molecular complexity index is 4200. The molecular formula is C77H84N4OS. The predicted molar refractivity (Wildman–Crippen MR) is 361 cm³/mol. The number of hydrogen-bond donors (Lipinski definition) is 2. The van der Waals surface area contributed by atoms with E-state index in [9.17, 15) is 0 Å². The third-order valence-electron chi connectivity index (χ3n) is 16.6. The van der Waals surface area contributed by atoms with Gasteiger partial charge in [0.05, 0.1) is 28.1 Å². The van der Waals surface area contributed by atoms with Crippen molar-refractivity contribution in [3.05, 3.63) is 203 Å². The van der Waals surface area contributed by atoms with Crippen molar-refractivity contribution in [2.45, 2.75) is 157 Å². The first kappa shape index (κ1) is 57.2. The molecule has 11 rings (SSSR count). The lowest BCUT2D eigenvalue weighted by Gasteiger charge is -2.32. The van der Waals surface area contributed by atoms with Gasteiger partial charge >= 0.3 is 0 Å². The molecule has 0 amide bonds. The van der Waals surface area contributed by atoms with Crippen molar-refractivity contribution in [1.29, 1.82) is 0 Å². The van der Waals surface area contributed by atoms with Gasteiger partial charge in [0.1, 0.15) is 17.3 Å². The summed E-state index contributed by atoms with van der Waals surface area (Å²) in [5, 5.41) is 12.9. The van der Waals surface area contributed by atoms with Gasteiger partial charge in [-0.25, -0.2) is 4.98 Å². The fourth-order valence-electron chi connectivity index (χ4n) is 11.8. The van der Waals surface area contributed by atoms with Gasteiger partial charge in [-0.15, -0.1) is 11.3 Å². The van der Waals surface area contributed by atoms with Crippen LogP contribution in [0, 0.1) is 0 Å². The molecule has 0 atom stereocenters. The van der Waals surface area contributed by atoms with Crippen LogP contribution in [-0.4, -0.2) is 9.55 Å². The van der Waals surface area contributed by atoms with E-state index in [1.54, 1.807) is 0 Å². The van der Waals surface area contributed by atoms with Crippen molar-refractivity contribution in [3.63, 3.8) is 0 Å². The lowest BCUT2D eigenvalue weighted by molar-refractivity contribution is 0.483. The zero-order chi connectivity index (χ0) is 59.3. The van der Waals surface area contributed by atoms with Gasteiger partial charge in [0, 0.05) is 66.1 Å². The van der Waals surface area contributed by atoms with Crippen LogP contribution < -0.4 is 15.4 Å². The van der Waals surface area contributed by atoms with Crippen molar-refractivity contribution < 1.29 is 4.74 Å². The standard InChI is InChI=1S/C77H84N4OS/c1-72(2,3)47-30-35-61(76(13,14)15)57(40-47)59-42-50(75(10,11)12)43-60(58-41-48(73(4,5)6)31-36-62(58)77(16,17)18)70(59)80-64-28-21-20-27-63(64)79-51-24-23-25-52(45-51)82-53-32-33-54-55-34-37-67-69(56-26-19-22-29-66(56)83-67)71(55)81(65(54)46-53)68-44-49(38-39-78-68)74(7,8)9/h19-46,79-80H,1-18H3. The summed E-state index contributed by atoms with van der Waals surface area (Å²) < 4.78 is 11.8. The molecule has 0 spiro atoms. The van der Waals surface area contributed by atoms with Gasteiger partial charge in [-0.2, -0.15) is 0 Å². The predicted octanol–water partition coefficient (Wildman–Crippen LogP) is 22.9. The number of aromatic nitrogens is 2. The summed E-state index contributed by atoms with van der Waals surface area (Å²) in [4.78, 5) is 5.08. The monoisotopic (exact) mass is 1110 g/mol. The van der Waals surface area contributed by atoms with Gasteiger partial charge in [-0.05, 0) is 150 Å². The van der Waals surface area contributed by atoms with Gasteiger partial charge < -0.3 is 15.4 Å². The Balaban J connectivity index is 1.04. The van der Waals surface area contributed by atoms with E-state index in [1.807, 2.05) is 23.6 Å².